The van der Waals surface area contributed by atoms with Crippen LogP contribution in [0.5, 0.6) is 0 Å². The van der Waals surface area contributed by atoms with Crippen molar-refractivity contribution in [1.29, 1.82) is 0 Å². The Hall–Kier alpha value is -1.91. The molecule has 1 aliphatic rings. The topological polar surface area (TPSA) is 63.5 Å². The number of hydrogen-bond acceptors (Lipinski definition) is 3. The average molecular weight is 248 g/mol. The largest absolute Gasteiger partial charge is 0.339 e. The molecule has 0 aliphatic heterocycles. The summed E-state index contributed by atoms with van der Waals surface area (Å²) in [7, 11) is 1.78. The van der Waals surface area contributed by atoms with Crippen molar-refractivity contribution in [2.75, 3.05) is 7.05 Å². The van der Waals surface area contributed by atoms with Gasteiger partial charge in [-0.2, -0.15) is 0 Å². The van der Waals surface area contributed by atoms with Crippen LogP contribution in [0.2, 0.25) is 0 Å². The van der Waals surface area contributed by atoms with E-state index in [4.69, 9.17) is 0 Å². The van der Waals surface area contributed by atoms with Crippen molar-refractivity contribution in [3.05, 3.63) is 39.9 Å². The summed E-state index contributed by atoms with van der Waals surface area (Å²) in [4.78, 5) is 23.9. The number of hydrogen-bond donors (Lipinski definition) is 0. The lowest BCUT2D eigenvalue weighted by molar-refractivity contribution is -0.384. The fraction of sp³-hybridized carbons (Fsp3) is 0.462. The van der Waals surface area contributed by atoms with E-state index in [1.807, 2.05) is 6.92 Å². The first-order valence-electron chi connectivity index (χ1n) is 6.02. The molecule has 1 saturated carbocycles. The Morgan fingerprint density at radius 3 is 2.39 bits per heavy atom. The molecule has 0 radical (unpaired) electrons. The molecule has 0 spiro atoms. The number of amides is 1. The molecule has 1 aromatic carbocycles. The Balaban J connectivity index is 2.10. The number of non-ortho nitro benzene ring substituents is 1. The van der Waals surface area contributed by atoms with E-state index in [1.54, 1.807) is 11.9 Å². The highest BCUT2D eigenvalue weighted by Gasteiger charge is 2.32. The van der Waals surface area contributed by atoms with Crippen molar-refractivity contribution < 1.29 is 9.72 Å². The maximum atomic E-state index is 12.2. The van der Waals surface area contributed by atoms with Crippen LogP contribution in [0.3, 0.4) is 0 Å². The molecule has 5 heteroatoms. The summed E-state index contributed by atoms with van der Waals surface area (Å²) in [5.41, 5.74) is 0.500. The van der Waals surface area contributed by atoms with E-state index in [9.17, 15) is 14.9 Å². The molecule has 0 N–H and O–H groups in total. The quantitative estimate of drug-likeness (QED) is 0.607. The smallest absolute Gasteiger partial charge is 0.269 e. The second-order valence-corrected chi connectivity index (χ2v) is 4.80. The minimum atomic E-state index is -0.467. The van der Waals surface area contributed by atoms with Crippen molar-refractivity contribution in [2.24, 2.45) is 5.92 Å². The molecule has 0 aromatic heterocycles. The molecule has 5 nitrogen and oxygen atoms in total. The molecule has 2 rings (SSSR count). The molecule has 0 heterocycles. The van der Waals surface area contributed by atoms with Crippen LogP contribution in [0.4, 0.5) is 5.69 Å². The fourth-order valence-corrected chi connectivity index (χ4v) is 2.01. The van der Waals surface area contributed by atoms with Crippen molar-refractivity contribution >= 4 is 11.6 Å². The van der Waals surface area contributed by atoms with E-state index in [0.29, 0.717) is 11.5 Å². The Bertz CT molecular complexity index is 466. The molecular formula is C13H16N2O3. The number of benzene rings is 1. The highest BCUT2D eigenvalue weighted by atomic mass is 16.6. The van der Waals surface area contributed by atoms with Gasteiger partial charge in [-0.05, 0) is 37.8 Å². The lowest BCUT2D eigenvalue weighted by Gasteiger charge is -2.24. The molecule has 0 unspecified atom stereocenters. The van der Waals surface area contributed by atoms with Gasteiger partial charge in [0.05, 0.1) is 4.92 Å². The molecule has 96 valence electrons. The van der Waals surface area contributed by atoms with Crippen LogP contribution in [-0.4, -0.2) is 28.8 Å². The fourth-order valence-electron chi connectivity index (χ4n) is 2.01. The number of nitro benzene ring substituents is 1. The Morgan fingerprint density at radius 2 is 1.94 bits per heavy atom. The first kappa shape index (κ1) is 12.5. The molecule has 1 amide bonds. The predicted molar refractivity (Wildman–Crippen MR) is 67.4 cm³/mol. The summed E-state index contributed by atoms with van der Waals surface area (Å²) in [6.07, 6.45) is 2.36. The first-order valence-corrected chi connectivity index (χ1v) is 6.02. The van der Waals surface area contributed by atoms with Gasteiger partial charge in [0.25, 0.3) is 11.6 Å². The van der Waals surface area contributed by atoms with Crippen molar-refractivity contribution in [2.45, 2.75) is 25.8 Å². The predicted octanol–water partition coefficient (Wildman–Crippen LogP) is 2.47. The van der Waals surface area contributed by atoms with Gasteiger partial charge in [-0.3, -0.25) is 14.9 Å². The number of carbonyl (C=O) groups excluding carboxylic acids is 1. The molecular weight excluding hydrogens is 232 g/mol. The molecule has 0 bridgehead atoms. The van der Waals surface area contributed by atoms with Crippen molar-refractivity contribution in [3.8, 4) is 0 Å². The molecule has 1 fully saturated rings. The zero-order chi connectivity index (χ0) is 13.3. The molecule has 1 aliphatic carbocycles. The second-order valence-electron chi connectivity index (χ2n) is 4.80. The molecule has 1 aromatic rings. The average Bonchev–Trinajstić information content (AvgIpc) is 3.20. The number of rotatable bonds is 4. The van der Waals surface area contributed by atoms with Gasteiger partial charge in [0.15, 0.2) is 0 Å². The maximum Gasteiger partial charge on any atom is 0.269 e. The SMILES string of the molecule is C[C@@H](C1CC1)N(C)C(=O)c1ccc([N+](=O)[O-])cc1. The van der Waals surface area contributed by atoms with Crippen LogP contribution >= 0.6 is 0 Å². The zero-order valence-corrected chi connectivity index (χ0v) is 10.5. The van der Waals surface area contributed by atoms with E-state index in [2.05, 4.69) is 0 Å². The van der Waals surface area contributed by atoms with Gasteiger partial charge in [-0.1, -0.05) is 0 Å². The summed E-state index contributed by atoms with van der Waals surface area (Å²) in [6, 6.07) is 5.98. The van der Waals surface area contributed by atoms with E-state index in [-0.39, 0.29) is 17.6 Å². The summed E-state index contributed by atoms with van der Waals surface area (Å²) in [5, 5.41) is 10.5. The monoisotopic (exact) mass is 248 g/mol. The minimum Gasteiger partial charge on any atom is -0.339 e. The third-order valence-corrected chi connectivity index (χ3v) is 3.56. The highest BCUT2D eigenvalue weighted by molar-refractivity contribution is 5.94. The third kappa shape index (κ3) is 2.50. The van der Waals surface area contributed by atoms with Crippen molar-refractivity contribution in [1.82, 2.24) is 4.90 Å². The van der Waals surface area contributed by atoms with Crippen LogP contribution in [0.15, 0.2) is 24.3 Å². The lowest BCUT2D eigenvalue weighted by Crippen LogP contribution is -2.36. The lowest BCUT2D eigenvalue weighted by atomic mass is 10.1. The molecule has 1 atom stereocenters. The van der Waals surface area contributed by atoms with Gasteiger partial charge < -0.3 is 4.90 Å². The summed E-state index contributed by atoms with van der Waals surface area (Å²) < 4.78 is 0. The number of nitro groups is 1. The van der Waals surface area contributed by atoms with E-state index < -0.39 is 4.92 Å². The van der Waals surface area contributed by atoms with Crippen LogP contribution in [0.1, 0.15) is 30.1 Å². The third-order valence-electron chi connectivity index (χ3n) is 3.56. The zero-order valence-electron chi connectivity index (χ0n) is 10.5. The van der Waals surface area contributed by atoms with E-state index in [1.165, 1.54) is 37.1 Å². The van der Waals surface area contributed by atoms with Gasteiger partial charge in [0.1, 0.15) is 0 Å². The van der Waals surface area contributed by atoms with Gasteiger partial charge in [-0.25, -0.2) is 0 Å². The Labute approximate surface area is 106 Å². The first-order chi connectivity index (χ1) is 8.50. The van der Waals surface area contributed by atoms with Gasteiger partial charge in [-0.15, -0.1) is 0 Å². The van der Waals surface area contributed by atoms with Crippen LogP contribution in [0.25, 0.3) is 0 Å². The van der Waals surface area contributed by atoms with Gasteiger partial charge in [0, 0.05) is 30.8 Å². The summed E-state index contributed by atoms with van der Waals surface area (Å²) >= 11 is 0. The maximum absolute atomic E-state index is 12.2. The van der Waals surface area contributed by atoms with Crippen LogP contribution in [-0.2, 0) is 0 Å². The second kappa shape index (κ2) is 4.76. The minimum absolute atomic E-state index is 0.00412. The van der Waals surface area contributed by atoms with E-state index >= 15 is 0 Å². The van der Waals surface area contributed by atoms with Crippen LogP contribution in [0, 0.1) is 16.0 Å². The number of nitrogens with zero attached hydrogens (tertiary/aromatic N) is 2. The van der Waals surface area contributed by atoms with Gasteiger partial charge in [0.2, 0.25) is 0 Å². The summed E-state index contributed by atoms with van der Waals surface area (Å²) in [6.45, 7) is 2.04. The van der Waals surface area contributed by atoms with Gasteiger partial charge >= 0.3 is 0 Å². The normalized spacial score (nSPS) is 16.1. The molecule has 0 saturated heterocycles. The summed E-state index contributed by atoms with van der Waals surface area (Å²) in [5.74, 6) is 0.529. The Kier molecular flexibility index (Phi) is 3.32. The van der Waals surface area contributed by atoms with Crippen molar-refractivity contribution in [3.63, 3.8) is 0 Å². The van der Waals surface area contributed by atoms with Crippen LogP contribution < -0.4 is 0 Å². The van der Waals surface area contributed by atoms with E-state index in [0.717, 1.165) is 0 Å². The Morgan fingerprint density at radius 1 is 1.39 bits per heavy atom. The molecule has 18 heavy (non-hydrogen) atoms. The number of carbonyl (C=O) groups is 1. The standard InChI is InChI=1S/C13H16N2O3/c1-9(10-3-4-10)14(2)13(16)11-5-7-12(8-6-11)15(17)18/h5-10H,3-4H2,1-2H3/t9-/m0/s1. The highest BCUT2D eigenvalue weighted by Crippen LogP contribution is 2.35.